The first-order valence-corrected chi connectivity index (χ1v) is 9.40. The van der Waals surface area contributed by atoms with Crippen LogP contribution in [0.3, 0.4) is 0 Å². The first kappa shape index (κ1) is 17.9. The monoisotopic (exact) mass is 371 g/mol. The molecule has 3 aromatic heterocycles. The molecule has 3 aromatic rings. The number of anilines is 1. The lowest BCUT2D eigenvalue weighted by molar-refractivity contribution is 0.342. The van der Waals surface area contributed by atoms with E-state index in [0.29, 0.717) is 11.3 Å². The van der Waals surface area contributed by atoms with Gasteiger partial charge in [0.15, 0.2) is 17.5 Å². The Morgan fingerprint density at radius 3 is 2.78 bits per heavy atom. The summed E-state index contributed by atoms with van der Waals surface area (Å²) in [7, 11) is 0. The lowest BCUT2D eigenvalue weighted by atomic mass is 9.89. The Hall–Kier alpha value is -2.54. The fraction of sp³-hybridized carbons (Fsp3) is 0.400. The van der Waals surface area contributed by atoms with Crippen LogP contribution in [0.25, 0.3) is 17.0 Å². The number of nitrogens with one attached hydrogen (secondary N) is 1. The van der Waals surface area contributed by atoms with E-state index in [1.807, 2.05) is 18.3 Å². The molecule has 142 valence electrons. The third-order valence-electron chi connectivity index (χ3n) is 5.26. The van der Waals surface area contributed by atoms with Gasteiger partial charge in [-0.15, -0.1) is 0 Å². The first-order chi connectivity index (χ1) is 13.1. The first-order valence-electron chi connectivity index (χ1n) is 9.40. The maximum absolute atomic E-state index is 14.1. The van der Waals surface area contributed by atoms with E-state index in [1.165, 1.54) is 38.3 Å². The molecule has 0 saturated heterocycles. The van der Waals surface area contributed by atoms with Gasteiger partial charge in [-0.2, -0.15) is 0 Å². The van der Waals surface area contributed by atoms with Crippen molar-refractivity contribution in [3.05, 3.63) is 47.8 Å². The SMILES string of the molecule is Nc1nc(-c2cnc3cc(CNCC4CCCCC4)ccn23)c(F)cc1F. The molecule has 0 amide bonds. The fourth-order valence-electron chi connectivity index (χ4n) is 3.78. The summed E-state index contributed by atoms with van der Waals surface area (Å²) in [5.74, 6) is -1.18. The number of nitrogen functional groups attached to an aromatic ring is 1. The van der Waals surface area contributed by atoms with Gasteiger partial charge in [0.05, 0.1) is 11.9 Å². The summed E-state index contributed by atoms with van der Waals surface area (Å²) in [6.07, 6.45) is 10.0. The van der Waals surface area contributed by atoms with Gasteiger partial charge in [0, 0.05) is 18.8 Å². The number of fused-ring (bicyclic) bond motifs is 1. The van der Waals surface area contributed by atoms with Crippen molar-refractivity contribution in [2.45, 2.75) is 38.6 Å². The molecular weight excluding hydrogens is 348 g/mol. The van der Waals surface area contributed by atoms with E-state index in [4.69, 9.17) is 5.73 Å². The summed E-state index contributed by atoms with van der Waals surface area (Å²) in [5, 5.41) is 3.53. The number of nitrogens with zero attached hydrogens (tertiary/aromatic N) is 3. The minimum absolute atomic E-state index is 0.00965. The standard InChI is InChI=1S/C20H23F2N5/c21-15-9-16(22)20(23)26-19(15)17-12-25-18-8-14(6-7-27(17)18)11-24-10-13-4-2-1-3-5-13/h6-9,12-13,24H,1-5,10-11H2,(H2,23,26). The van der Waals surface area contributed by atoms with Crippen molar-refractivity contribution in [2.24, 2.45) is 5.92 Å². The number of hydrogen-bond acceptors (Lipinski definition) is 4. The Kier molecular flexibility index (Phi) is 5.03. The fourth-order valence-corrected chi connectivity index (χ4v) is 3.78. The number of aromatic nitrogens is 3. The van der Waals surface area contributed by atoms with Crippen LogP contribution in [-0.2, 0) is 6.54 Å². The second-order valence-corrected chi connectivity index (χ2v) is 7.23. The molecule has 3 N–H and O–H groups in total. The highest BCUT2D eigenvalue weighted by atomic mass is 19.1. The predicted octanol–water partition coefficient (Wildman–Crippen LogP) is 3.93. The Morgan fingerprint density at radius 1 is 1.15 bits per heavy atom. The van der Waals surface area contributed by atoms with E-state index in [2.05, 4.69) is 15.3 Å². The average molecular weight is 371 g/mol. The molecule has 1 saturated carbocycles. The highest BCUT2D eigenvalue weighted by Gasteiger charge is 2.16. The molecule has 1 fully saturated rings. The van der Waals surface area contributed by atoms with E-state index in [1.54, 1.807) is 4.40 Å². The van der Waals surface area contributed by atoms with Gasteiger partial charge in [0.1, 0.15) is 11.3 Å². The lowest BCUT2D eigenvalue weighted by Gasteiger charge is -2.21. The molecule has 0 atom stereocenters. The maximum Gasteiger partial charge on any atom is 0.168 e. The molecule has 7 heteroatoms. The second kappa shape index (κ2) is 7.60. The quantitative estimate of drug-likeness (QED) is 0.713. The van der Waals surface area contributed by atoms with Gasteiger partial charge in [-0.3, -0.25) is 4.40 Å². The van der Waals surface area contributed by atoms with Crippen LogP contribution >= 0.6 is 0 Å². The molecule has 0 aromatic carbocycles. The van der Waals surface area contributed by atoms with Crippen molar-refractivity contribution in [2.75, 3.05) is 12.3 Å². The van der Waals surface area contributed by atoms with Crippen molar-refractivity contribution in [3.63, 3.8) is 0 Å². The smallest absolute Gasteiger partial charge is 0.168 e. The van der Waals surface area contributed by atoms with Crippen LogP contribution in [0.15, 0.2) is 30.6 Å². The van der Waals surface area contributed by atoms with Crippen LogP contribution < -0.4 is 11.1 Å². The third-order valence-corrected chi connectivity index (χ3v) is 5.26. The maximum atomic E-state index is 14.1. The summed E-state index contributed by atoms with van der Waals surface area (Å²) in [4.78, 5) is 8.18. The van der Waals surface area contributed by atoms with Crippen molar-refractivity contribution >= 4 is 11.5 Å². The van der Waals surface area contributed by atoms with Crippen LogP contribution in [0.4, 0.5) is 14.6 Å². The lowest BCUT2D eigenvalue weighted by Crippen LogP contribution is -2.24. The highest BCUT2D eigenvalue weighted by molar-refractivity contribution is 5.62. The highest BCUT2D eigenvalue weighted by Crippen LogP contribution is 2.25. The van der Waals surface area contributed by atoms with Crippen LogP contribution in [-0.4, -0.2) is 20.9 Å². The number of rotatable bonds is 5. The van der Waals surface area contributed by atoms with E-state index in [-0.39, 0.29) is 11.5 Å². The van der Waals surface area contributed by atoms with Crippen molar-refractivity contribution in [1.29, 1.82) is 0 Å². The molecular formula is C20H23F2N5. The Morgan fingerprint density at radius 2 is 1.96 bits per heavy atom. The van der Waals surface area contributed by atoms with Crippen LogP contribution in [0, 0.1) is 17.6 Å². The van der Waals surface area contributed by atoms with Gasteiger partial charge in [0.2, 0.25) is 0 Å². The minimum Gasteiger partial charge on any atom is -0.381 e. The van der Waals surface area contributed by atoms with Crippen molar-refractivity contribution < 1.29 is 8.78 Å². The molecule has 1 aliphatic rings. The van der Waals surface area contributed by atoms with Crippen LogP contribution in [0.2, 0.25) is 0 Å². The molecule has 0 unspecified atom stereocenters. The Bertz CT molecular complexity index is 947. The average Bonchev–Trinajstić information content (AvgIpc) is 3.09. The zero-order valence-corrected chi connectivity index (χ0v) is 15.1. The minimum atomic E-state index is -0.864. The number of pyridine rings is 2. The molecule has 0 radical (unpaired) electrons. The zero-order valence-electron chi connectivity index (χ0n) is 15.1. The zero-order chi connectivity index (χ0) is 18.8. The summed E-state index contributed by atoms with van der Waals surface area (Å²) in [6, 6.07) is 4.68. The molecule has 0 aliphatic heterocycles. The molecule has 0 bridgehead atoms. The van der Waals surface area contributed by atoms with Gasteiger partial charge in [-0.1, -0.05) is 19.3 Å². The van der Waals surface area contributed by atoms with Gasteiger partial charge in [-0.25, -0.2) is 18.7 Å². The number of halogens is 2. The molecule has 5 nitrogen and oxygen atoms in total. The summed E-state index contributed by atoms with van der Waals surface area (Å²) in [6.45, 7) is 1.81. The van der Waals surface area contributed by atoms with Gasteiger partial charge in [0.25, 0.3) is 0 Å². The van der Waals surface area contributed by atoms with Gasteiger partial charge < -0.3 is 11.1 Å². The summed E-state index contributed by atoms with van der Waals surface area (Å²) < 4.78 is 29.2. The second-order valence-electron chi connectivity index (χ2n) is 7.23. The van der Waals surface area contributed by atoms with E-state index < -0.39 is 11.6 Å². The topological polar surface area (TPSA) is 68.2 Å². The van der Waals surface area contributed by atoms with E-state index >= 15 is 0 Å². The number of imidazole rings is 1. The predicted molar refractivity (Wildman–Crippen MR) is 101 cm³/mol. The van der Waals surface area contributed by atoms with Crippen LogP contribution in [0.1, 0.15) is 37.7 Å². The van der Waals surface area contributed by atoms with Crippen molar-refractivity contribution in [3.8, 4) is 11.4 Å². The molecule has 27 heavy (non-hydrogen) atoms. The summed E-state index contributed by atoms with van der Waals surface area (Å²) in [5.41, 5.74) is 7.72. The van der Waals surface area contributed by atoms with E-state index in [9.17, 15) is 8.78 Å². The molecule has 3 heterocycles. The molecule has 0 spiro atoms. The van der Waals surface area contributed by atoms with E-state index in [0.717, 1.165) is 30.6 Å². The molecule has 1 aliphatic carbocycles. The Balaban J connectivity index is 1.51. The molecule has 4 rings (SSSR count). The van der Waals surface area contributed by atoms with Gasteiger partial charge in [-0.05, 0) is 43.0 Å². The van der Waals surface area contributed by atoms with Crippen LogP contribution in [0.5, 0.6) is 0 Å². The normalized spacial score (nSPS) is 15.5. The number of hydrogen-bond donors (Lipinski definition) is 2. The van der Waals surface area contributed by atoms with Crippen molar-refractivity contribution in [1.82, 2.24) is 19.7 Å². The number of nitrogens with two attached hydrogens (primary N) is 1. The third kappa shape index (κ3) is 3.78. The largest absolute Gasteiger partial charge is 0.381 e. The summed E-state index contributed by atoms with van der Waals surface area (Å²) >= 11 is 0. The van der Waals surface area contributed by atoms with Gasteiger partial charge >= 0.3 is 0 Å². The Labute approximate surface area is 156 Å².